The maximum Gasteiger partial charge on any atom is 0.245 e. The van der Waals surface area contributed by atoms with Crippen molar-refractivity contribution in [3.8, 4) is 0 Å². The third kappa shape index (κ3) is 2.76. The van der Waals surface area contributed by atoms with Crippen LogP contribution in [-0.2, 0) is 14.8 Å². The molecule has 0 unspecified atom stereocenters. The number of pyridine rings is 1. The lowest BCUT2D eigenvalue weighted by Gasteiger charge is -2.40. The predicted molar refractivity (Wildman–Crippen MR) is 77.6 cm³/mol. The van der Waals surface area contributed by atoms with E-state index in [0.29, 0.717) is 25.6 Å². The Morgan fingerprint density at radius 1 is 1.50 bits per heavy atom. The number of aromatic nitrogens is 1. The van der Waals surface area contributed by atoms with Gasteiger partial charge in [0, 0.05) is 19.8 Å². The van der Waals surface area contributed by atoms with Gasteiger partial charge in [-0.25, -0.2) is 13.4 Å². The highest BCUT2D eigenvalue weighted by Crippen LogP contribution is 2.29. The first-order chi connectivity index (χ1) is 9.29. The van der Waals surface area contributed by atoms with E-state index in [9.17, 15) is 8.42 Å². The summed E-state index contributed by atoms with van der Waals surface area (Å²) in [5, 5.41) is 3.08. The number of hydrogen-bond donors (Lipinski definition) is 1. The topological polar surface area (TPSA) is 71.5 Å². The van der Waals surface area contributed by atoms with Crippen LogP contribution in [0.5, 0.6) is 0 Å². The first kappa shape index (κ1) is 15.5. The van der Waals surface area contributed by atoms with Crippen LogP contribution in [0.4, 0.5) is 5.82 Å². The Morgan fingerprint density at radius 2 is 2.20 bits per heavy atom. The van der Waals surface area contributed by atoms with Gasteiger partial charge in [-0.2, -0.15) is 4.31 Å². The van der Waals surface area contributed by atoms with Crippen LogP contribution in [0.1, 0.15) is 13.8 Å². The minimum atomic E-state index is -3.64. The summed E-state index contributed by atoms with van der Waals surface area (Å²) in [7, 11) is -1.96. The Balaban J connectivity index is 2.42. The van der Waals surface area contributed by atoms with Crippen molar-refractivity contribution >= 4 is 27.4 Å². The maximum atomic E-state index is 12.7. The lowest BCUT2D eigenvalue weighted by atomic mass is 10.1. The molecule has 0 saturated carbocycles. The van der Waals surface area contributed by atoms with Crippen LogP contribution in [0.3, 0.4) is 0 Å². The van der Waals surface area contributed by atoms with Gasteiger partial charge in [-0.3, -0.25) is 0 Å². The summed E-state index contributed by atoms with van der Waals surface area (Å²) in [5.41, 5.74) is -0.592. The normalized spacial score (nSPS) is 19.8. The smallest absolute Gasteiger partial charge is 0.245 e. The lowest BCUT2D eigenvalue weighted by molar-refractivity contribution is -0.00771. The molecule has 20 heavy (non-hydrogen) atoms. The molecule has 0 aliphatic carbocycles. The number of morpholine rings is 1. The summed E-state index contributed by atoms with van der Waals surface area (Å²) >= 11 is 6.01. The van der Waals surface area contributed by atoms with Crippen LogP contribution >= 0.6 is 11.6 Å². The largest absolute Gasteiger partial charge is 0.378 e. The fraction of sp³-hybridized carbons (Fsp3) is 0.583. The van der Waals surface area contributed by atoms with E-state index in [1.165, 1.54) is 16.6 Å². The highest BCUT2D eigenvalue weighted by Gasteiger charge is 2.40. The Hall–Kier alpha value is -0.890. The van der Waals surface area contributed by atoms with Crippen molar-refractivity contribution < 1.29 is 13.2 Å². The van der Waals surface area contributed by atoms with Crippen LogP contribution in [0.15, 0.2) is 17.2 Å². The molecule has 2 heterocycles. The first-order valence-electron chi connectivity index (χ1n) is 6.23. The minimum absolute atomic E-state index is 0.0940. The zero-order chi connectivity index (χ0) is 15.0. The molecule has 8 heteroatoms. The zero-order valence-corrected chi connectivity index (χ0v) is 13.3. The van der Waals surface area contributed by atoms with Crippen molar-refractivity contribution in [3.63, 3.8) is 0 Å². The Kier molecular flexibility index (Phi) is 4.24. The minimum Gasteiger partial charge on any atom is -0.378 e. The monoisotopic (exact) mass is 319 g/mol. The maximum absolute atomic E-state index is 12.7. The summed E-state index contributed by atoms with van der Waals surface area (Å²) in [5.74, 6) is 0.451. The zero-order valence-electron chi connectivity index (χ0n) is 11.7. The molecule has 1 aromatic rings. The number of ether oxygens (including phenoxy) is 1. The van der Waals surface area contributed by atoms with Gasteiger partial charge in [0.25, 0.3) is 0 Å². The molecule has 1 saturated heterocycles. The Labute approximate surface area is 124 Å². The molecule has 1 aliphatic heterocycles. The van der Waals surface area contributed by atoms with Crippen LogP contribution in [0.2, 0.25) is 5.02 Å². The summed E-state index contributed by atoms with van der Waals surface area (Å²) < 4.78 is 32.2. The molecule has 0 aromatic carbocycles. The van der Waals surface area contributed by atoms with Gasteiger partial charge in [0.1, 0.15) is 10.7 Å². The molecule has 6 nitrogen and oxygen atoms in total. The number of nitrogens with one attached hydrogen (secondary N) is 1. The van der Waals surface area contributed by atoms with E-state index < -0.39 is 15.6 Å². The Bertz CT molecular complexity index is 604. The van der Waals surface area contributed by atoms with E-state index in [2.05, 4.69) is 10.3 Å². The molecule has 0 bridgehead atoms. The van der Waals surface area contributed by atoms with Crippen molar-refractivity contribution in [1.82, 2.24) is 9.29 Å². The summed E-state index contributed by atoms with van der Waals surface area (Å²) in [6, 6.07) is 1.42. The van der Waals surface area contributed by atoms with E-state index in [-0.39, 0.29) is 9.92 Å². The SMILES string of the molecule is CNc1ncc(S(=O)(=O)N2CCOCC2(C)C)cc1Cl. The molecule has 0 amide bonds. The molecule has 112 valence electrons. The van der Waals surface area contributed by atoms with Crippen molar-refractivity contribution in [2.75, 3.05) is 32.1 Å². The summed E-state index contributed by atoms with van der Waals surface area (Å²) in [4.78, 5) is 4.12. The Morgan fingerprint density at radius 3 is 2.75 bits per heavy atom. The number of rotatable bonds is 3. The van der Waals surface area contributed by atoms with E-state index in [1.807, 2.05) is 13.8 Å². The van der Waals surface area contributed by atoms with Crippen LogP contribution in [-0.4, -0.2) is 50.1 Å². The first-order valence-corrected chi connectivity index (χ1v) is 8.05. The fourth-order valence-electron chi connectivity index (χ4n) is 2.16. The number of halogens is 1. The summed E-state index contributed by atoms with van der Waals surface area (Å²) in [6.07, 6.45) is 1.32. The van der Waals surface area contributed by atoms with Gasteiger partial charge in [-0.1, -0.05) is 11.6 Å². The third-order valence-electron chi connectivity index (χ3n) is 3.21. The molecule has 1 N–H and O–H groups in total. The average Bonchev–Trinajstić information content (AvgIpc) is 2.37. The second-order valence-electron chi connectivity index (χ2n) is 5.19. The van der Waals surface area contributed by atoms with Crippen LogP contribution in [0, 0.1) is 0 Å². The van der Waals surface area contributed by atoms with Gasteiger partial charge in [0.2, 0.25) is 10.0 Å². The van der Waals surface area contributed by atoms with Gasteiger partial charge >= 0.3 is 0 Å². The van der Waals surface area contributed by atoms with E-state index >= 15 is 0 Å². The summed E-state index contributed by atoms with van der Waals surface area (Å²) in [6.45, 7) is 4.74. The van der Waals surface area contributed by atoms with Gasteiger partial charge in [0.15, 0.2) is 0 Å². The molecular weight excluding hydrogens is 302 g/mol. The van der Waals surface area contributed by atoms with Crippen LogP contribution < -0.4 is 5.32 Å². The molecule has 0 atom stereocenters. The molecule has 0 radical (unpaired) electrons. The van der Waals surface area contributed by atoms with Crippen molar-refractivity contribution in [3.05, 3.63) is 17.3 Å². The van der Waals surface area contributed by atoms with E-state index in [4.69, 9.17) is 16.3 Å². The molecule has 1 aliphatic rings. The fourth-order valence-corrected chi connectivity index (χ4v) is 4.21. The highest BCUT2D eigenvalue weighted by molar-refractivity contribution is 7.89. The van der Waals surface area contributed by atoms with Gasteiger partial charge in [0.05, 0.1) is 23.8 Å². The standard InChI is InChI=1S/C12H18ClN3O3S/c1-12(2)8-19-5-4-16(12)20(17,18)9-6-10(13)11(14-3)15-7-9/h6-7H,4-5,8H2,1-3H3,(H,14,15). The third-order valence-corrected chi connectivity index (χ3v) is 5.57. The van der Waals surface area contributed by atoms with Gasteiger partial charge in [-0.15, -0.1) is 0 Å². The van der Waals surface area contributed by atoms with Crippen molar-refractivity contribution in [2.45, 2.75) is 24.3 Å². The number of hydrogen-bond acceptors (Lipinski definition) is 5. The van der Waals surface area contributed by atoms with E-state index in [0.717, 1.165) is 0 Å². The molecule has 2 rings (SSSR count). The quantitative estimate of drug-likeness (QED) is 0.915. The predicted octanol–water partition coefficient (Wildman–Crippen LogP) is 1.58. The second kappa shape index (κ2) is 5.48. The highest BCUT2D eigenvalue weighted by atomic mass is 35.5. The van der Waals surface area contributed by atoms with E-state index in [1.54, 1.807) is 7.05 Å². The molecule has 1 aromatic heterocycles. The number of sulfonamides is 1. The average molecular weight is 320 g/mol. The number of nitrogens with zero attached hydrogens (tertiary/aromatic N) is 2. The van der Waals surface area contributed by atoms with Gasteiger partial charge < -0.3 is 10.1 Å². The lowest BCUT2D eigenvalue weighted by Crippen LogP contribution is -2.55. The second-order valence-corrected chi connectivity index (χ2v) is 7.46. The van der Waals surface area contributed by atoms with Crippen molar-refractivity contribution in [2.24, 2.45) is 0 Å². The number of anilines is 1. The molecule has 1 fully saturated rings. The molecule has 0 spiro atoms. The van der Waals surface area contributed by atoms with Gasteiger partial charge in [-0.05, 0) is 19.9 Å². The molecular formula is C12H18ClN3O3S. The van der Waals surface area contributed by atoms with Crippen molar-refractivity contribution in [1.29, 1.82) is 0 Å². The van der Waals surface area contributed by atoms with Crippen LogP contribution in [0.25, 0.3) is 0 Å².